The van der Waals surface area contributed by atoms with E-state index in [4.69, 9.17) is 0 Å². The molecule has 2 rings (SSSR count). The normalized spacial score (nSPS) is 14.6. The minimum atomic E-state index is -0.0266. The minimum absolute atomic E-state index is 0.0266. The molecule has 0 atom stereocenters. The Morgan fingerprint density at radius 2 is 2.47 bits per heavy atom. The number of aromatic nitrogens is 2. The molecule has 0 aromatic carbocycles. The van der Waals surface area contributed by atoms with E-state index in [1.165, 1.54) is 6.08 Å². The first-order valence-corrected chi connectivity index (χ1v) is 4.93. The molecule has 0 saturated carbocycles. The summed E-state index contributed by atoms with van der Waals surface area (Å²) in [7, 11) is 0. The highest BCUT2D eigenvalue weighted by Gasteiger charge is 2.19. The maximum atomic E-state index is 11.4. The third kappa shape index (κ3) is 1.88. The van der Waals surface area contributed by atoms with E-state index in [1.54, 1.807) is 11.1 Å². The van der Waals surface area contributed by atoms with Gasteiger partial charge < -0.3 is 4.90 Å². The van der Waals surface area contributed by atoms with Gasteiger partial charge in [0, 0.05) is 31.3 Å². The molecule has 1 aliphatic heterocycles. The number of amides is 1. The van der Waals surface area contributed by atoms with Crippen LogP contribution in [0.1, 0.15) is 17.1 Å². The first-order chi connectivity index (χ1) is 7.20. The van der Waals surface area contributed by atoms with Crippen LogP contribution in [0.15, 0.2) is 18.9 Å². The predicted molar refractivity (Wildman–Crippen MR) is 56.1 cm³/mol. The zero-order valence-electron chi connectivity index (χ0n) is 8.73. The lowest BCUT2D eigenvalue weighted by atomic mass is 10.1. The van der Waals surface area contributed by atoms with Crippen LogP contribution >= 0.6 is 0 Å². The Morgan fingerprint density at radius 1 is 1.67 bits per heavy atom. The maximum absolute atomic E-state index is 11.4. The molecule has 0 unspecified atom stereocenters. The van der Waals surface area contributed by atoms with Gasteiger partial charge in [-0.2, -0.15) is 0 Å². The zero-order valence-corrected chi connectivity index (χ0v) is 8.73. The molecule has 15 heavy (non-hydrogen) atoms. The summed E-state index contributed by atoms with van der Waals surface area (Å²) in [5.41, 5.74) is 2.11. The summed E-state index contributed by atoms with van der Waals surface area (Å²) in [5, 5.41) is 0. The van der Waals surface area contributed by atoms with Gasteiger partial charge in [-0.15, -0.1) is 0 Å². The topological polar surface area (TPSA) is 46.1 Å². The second-order valence-corrected chi connectivity index (χ2v) is 3.60. The number of fused-ring (bicyclic) bond motifs is 1. The Labute approximate surface area is 88.7 Å². The van der Waals surface area contributed by atoms with E-state index >= 15 is 0 Å². The van der Waals surface area contributed by atoms with Gasteiger partial charge in [0.25, 0.3) is 0 Å². The van der Waals surface area contributed by atoms with Crippen molar-refractivity contribution < 1.29 is 4.79 Å². The van der Waals surface area contributed by atoms with Crippen molar-refractivity contribution in [2.45, 2.75) is 19.9 Å². The van der Waals surface area contributed by atoms with E-state index in [1.807, 2.05) is 6.92 Å². The van der Waals surface area contributed by atoms with Gasteiger partial charge in [-0.25, -0.2) is 9.97 Å². The minimum Gasteiger partial charge on any atom is -0.334 e. The van der Waals surface area contributed by atoms with Crippen molar-refractivity contribution in [2.24, 2.45) is 0 Å². The maximum Gasteiger partial charge on any atom is 0.246 e. The zero-order chi connectivity index (χ0) is 10.8. The summed E-state index contributed by atoms with van der Waals surface area (Å²) in [6.45, 7) is 6.67. The average molecular weight is 203 g/mol. The van der Waals surface area contributed by atoms with E-state index in [2.05, 4.69) is 16.5 Å². The van der Waals surface area contributed by atoms with Gasteiger partial charge in [0.05, 0.1) is 5.69 Å². The van der Waals surface area contributed by atoms with Crippen LogP contribution in [0.3, 0.4) is 0 Å². The van der Waals surface area contributed by atoms with Crippen LogP contribution in [-0.4, -0.2) is 27.3 Å². The van der Waals surface area contributed by atoms with Crippen LogP contribution in [-0.2, 0) is 17.8 Å². The molecule has 4 heteroatoms. The summed E-state index contributed by atoms with van der Waals surface area (Å²) >= 11 is 0. The van der Waals surface area contributed by atoms with Crippen molar-refractivity contribution in [3.63, 3.8) is 0 Å². The molecule has 0 radical (unpaired) electrons. The fourth-order valence-corrected chi connectivity index (χ4v) is 1.73. The lowest BCUT2D eigenvalue weighted by molar-refractivity contribution is -0.126. The first kappa shape index (κ1) is 9.83. The molecule has 4 nitrogen and oxygen atoms in total. The molecule has 1 aliphatic rings. The van der Waals surface area contributed by atoms with Crippen molar-refractivity contribution in [3.8, 4) is 0 Å². The highest BCUT2D eigenvalue weighted by Crippen LogP contribution is 2.16. The molecule has 0 spiro atoms. The Bertz CT molecular complexity index is 414. The van der Waals surface area contributed by atoms with E-state index in [-0.39, 0.29) is 5.91 Å². The third-order valence-electron chi connectivity index (χ3n) is 2.54. The fraction of sp³-hybridized carbons (Fsp3) is 0.364. The van der Waals surface area contributed by atoms with Gasteiger partial charge in [-0.1, -0.05) is 6.58 Å². The van der Waals surface area contributed by atoms with Gasteiger partial charge in [0.15, 0.2) is 0 Å². The molecular weight excluding hydrogens is 190 g/mol. The highest BCUT2D eigenvalue weighted by atomic mass is 16.2. The van der Waals surface area contributed by atoms with Crippen molar-refractivity contribution in [1.82, 2.24) is 14.9 Å². The van der Waals surface area contributed by atoms with E-state index < -0.39 is 0 Å². The summed E-state index contributed by atoms with van der Waals surface area (Å²) < 4.78 is 0. The SMILES string of the molecule is C=CC(=O)N1CCc2nc(C)ncc2C1. The standard InChI is InChI=1S/C11H13N3O/c1-3-11(15)14-5-4-10-9(7-14)6-12-8(2)13-10/h3,6H,1,4-5,7H2,2H3. The van der Waals surface area contributed by atoms with Gasteiger partial charge in [0.2, 0.25) is 5.91 Å². The molecule has 0 aliphatic carbocycles. The fourth-order valence-electron chi connectivity index (χ4n) is 1.73. The predicted octanol–water partition coefficient (Wildman–Crippen LogP) is 0.856. The second-order valence-electron chi connectivity index (χ2n) is 3.60. The third-order valence-corrected chi connectivity index (χ3v) is 2.54. The number of nitrogens with zero attached hydrogens (tertiary/aromatic N) is 3. The second kappa shape index (κ2) is 3.81. The molecule has 1 aromatic heterocycles. The van der Waals surface area contributed by atoms with E-state index in [9.17, 15) is 4.79 Å². The number of hydrogen-bond donors (Lipinski definition) is 0. The monoisotopic (exact) mass is 203 g/mol. The molecule has 2 heterocycles. The largest absolute Gasteiger partial charge is 0.334 e. The first-order valence-electron chi connectivity index (χ1n) is 4.93. The highest BCUT2D eigenvalue weighted by molar-refractivity contribution is 5.87. The van der Waals surface area contributed by atoms with Crippen LogP contribution in [0.4, 0.5) is 0 Å². The summed E-state index contributed by atoms with van der Waals surface area (Å²) in [6, 6.07) is 0. The molecule has 0 fully saturated rings. The van der Waals surface area contributed by atoms with E-state index in [0.29, 0.717) is 13.1 Å². The summed E-state index contributed by atoms with van der Waals surface area (Å²) in [4.78, 5) is 21.7. The molecule has 1 amide bonds. The molecule has 0 bridgehead atoms. The van der Waals surface area contributed by atoms with Crippen LogP contribution < -0.4 is 0 Å². The van der Waals surface area contributed by atoms with Gasteiger partial charge in [-0.05, 0) is 13.0 Å². The lowest BCUT2D eigenvalue weighted by Crippen LogP contribution is -2.35. The van der Waals surface area contributed by atoms with Crippen LogP contribution in [0.25, 0.3) is 0 Å². The molecule has 1 aromatic rings. The van der Waals surface area contributed by atoms with Crippen molar-refractivity contribution in [1.29, 1.82) is 0 Å². The van der Waals surface area contributed by atoms with Gasteiger partial charge in [-0.3, -0.25) is 4.79 Å². The molecule has 0 saturated heterocycles. The Kier molecular flexibility index (Phi) is 2.49. The summed E-state index contributed by atoms with van der Waals surface area (Å²) in [6.07, 6.45) is 3.96. The number of carbonyl (C=O) groups excluding carboxylic acids is 1. The number of carbonyl (C=O) groups is 1. The molecular formula is C11H13N3O. The van der Waals surface area contributed by atoms with Crippen molar-refractivity contribution >= 4 is 5.91 Å². The smallest absolute Gasteiger partial charge is 0.246 e. The number of aryl methyl sites for hydroxylation is 1. The Hall–Kier alpha value is -1.71. The van der Waals surface area contributed by atoms with Crippen LogP contribution in [0.5, 0.6) is 0 Å². The van der Waals surface area contributed by atoms with Crippen molar-refractivity contribution in [2.75, 3.05) is 6.54 Å². The Morgan fingerprint density at radius 3 is 3.20 bits per heavy atom. The van der Waals surface area contributed by atoms with E-state index in [0.717, 1.165) is 23.5 Å². The summed E-state index contributed by atoms with van der Waals surface area (Å²) in [5.74, 6) is 0.762. The Balaban J connectivity index is 2.23. The van der Waals surface area contributed by atoms with Crippen molar-refractivity contribution in [3.05, 3.63) is 35.9 Å². The van der Waals surface area contributed by atoms with Crippen LogP contribution in [0.2, 0.25) is 0 Å². The molecule has 0 N–H and O–H groups in total. The quantitative estimate of drug-likeness (QED) is 0.636. The number of hydrogen-bond acceptors (Lipinski definition) is 3. The van der Waals surface area contributed by atoms with Gasteiger partial charge in [0.1, 0.15) is 5.82 Å². The molecule has 78 valence electrons. The van der Waals surface area contributed by atoms with Crippen LogP contribution in [0, 0.1) is 6.92 Å². The van der Waals surface area contributed by atoms with Gasteiger partial charge >= 0.3 is 0 Å². The average Bonchev–Trinajstić information content (AvgIpc) is 2.27. The lowest BCUT2D eigenvalue weighted by Gasteiger charge is -2.26. The number of rotatable bonds is 1.